The average molecular weight is 288 g/mol. The van der Waals surface area contributed by atoms with E-state index in [0.717, 1.165) is 0 Å². The Hall–Kier alpha value is -2.63. The minimum Gasteiger partial charge on any atom is -0.493 e. The van der Waals surface area contributed by atoms with Crippen LogP contribution in [-0.2, 0) is 6.42 Å². The number of ketones is 1. The van der Waals surface area contributed by atoms with Crippen molar-refractivity contribution >= 4 is 5.78 Å². The number of aromatic nitrogens is 2. The van der Waals surface area contributed by atoms with Gasteiger partial charge in [0.1, 0.15) is 6.33 Å². The van der Waals surface area contributed by atoms with Crippen molar-refractivity contribution in [1.29, 1.82) is 0 Å². The Morgan fingerprint density at radius 1 is 1.00 bits per heavy atom. The monoisotopic (exact) mass is 288 g/mol. The van der Waals surface area contributed by atoms with Crippen molar-refractivity contribution in [3.05, 3.63) is 41.9 Å². The lowest BCUT2D eigenvalue weighted by atomic mass is 10.1. The number of ether oxygens (including phenoxy) is 3. The zero-order valence-electron chi connectivity index (χ0n) is 12.1. The average Bonchev–Trinajstić information content (AvgIpc) is 2.54. The van der Waals surface area contributed by atoms with Crippen LogP contribution in [0, 0.1) is 0 Å². The fourth-order valence-electron chi connectivity index (χ4n) is 1.86. The molecular weight excluding hydrogens is 272 g/mol. The molecule has 0 radical (unpaired) electrons. The van der Waals surface area contributed by atoms with Crippen molar-refractivity contribution in [3.8, 4) is 17.4 Å². The summed E-state index contributed by atoms with van der Waals surface area (Å²) in [4.78, 5) is 20.3. The third-order valence-corrected chi connectivity index (χ3v) is 2.95. The molecule has 2 rings (SSSR count). The van der Waals surface area contributed by atoms with E-state index in [1.165, 1.54) is 20.5 Å². The highest BCUT2D eigenvalue weighted by Crippen LogP contribution is 2.28. The van der Waals surface area contributed by atoms with Gasteiger partial charge in [-0.3, -0.25) is 4.79 Å². The molecule has 0 amide bonds. The molecule has 0 aliphatic carbocycles. The summed E-state index contributed by atoms with van der Waals surface area (Å²) < 4.78 is 15.3. The van der Waals surface area contributed by atoms with E-state index in [2.05, 4.69) is 9.97 Å². The first kappa shape index (κ1) is 14.8. The molecule has 0 atom stereocenters. The van der Waals surface area contributed by atoms with E-state index < -0.39 is 0 Å². The summed E-state index contributed by atoms with van der Waals surface area (Å²) >= 11 is 0. The van der Waals surface area contributed by atoms with Gasteiger partial charge in [-0.05, 0) is 18.2 Å². The van der Waals surface area contributed by atoms with Crippen LogP contribution in [0.1, 0.15) is 16.1 Å². The number of hydrogen-bond donors (Lipinski definition) is 0. The zero-order valence-corrected chi connectivity index (χ0v) is 12.1. The summed E-state index contributed by atoms with van der Waals surface area (Å²) in [5.41, 5.74) is 1.13. The van der Waals surface area contributed by atoms with Gasteiger partial charge in [-0.1, -0.05) is 0 Å². The first-order valence-corrected chi connectivity index (χ1v) is 6.28. The fourth-order valence-corrected chi connectivity index (χ4v) is 1.86. The van der Waals surface area contributed by atoms with E-state index >= 15 is 0 Å². The van der Waals surface area contributed by atoms with E-state index in [1.54, 1.807) is 31.4 Å². The molecule has 110 valence electrons. The second-order valence-corrected chi connectivity index (χ2v) is 4.22. The van der Waals surface area contributed by atoms with E-state index in [9.17, 15) is 4.79 Å². The van der Waals surface area contributed by atoms with Gasteiger partial charge in [0.2, 0.25) is 5.88 Å². The maximum absolute atomic E-state index is 12.3. The summed E-state index contributed by atoms with van der Waals surface area (Å²) in [7, 11) is 4.59. The first-order valence-electron chi connectivity index (χ1n) is 6.28. The molecular formula is C15H16N2O4. The maximum atomic E-state index is 12.3. The van der Waals surface area contributed by atoms with Gasteiger partial charge in [0.05, 0.1) is 33.4 Å². The smallest absolute Gasteiger partial charge is 0.216 e. The quantitative estimate of drug-likeness (QED) is 0.756. The van der Waals surface area contributed by atoms with E-state index in [0.29, 0.717) is 28.6 Å². The summed E-state index contributed by atoms with van der Waals surface area (Å²) in [6.07, 6.45) is 1.53. The van der Waals surface area contributed by atoms with Gasteiger partial charge in [0.15, 0.2) is 17.3 Å². The molecule has 6 heteroatoms. The van der Waals surface area contributed by atoms with Crippen molar-refractivity contribution in [2.24, 2.45) is 0 Å². The van der Waals surface area contributed by atoms with E-state index in [1.807, 2.05) is 0 Å². The van der Waals surface area contributed by atoms with Gasteiger partial charge < -0.3 is 14.2 Å². The molecule has 0 aliphatic rings. The van der Waals surface area contributed by atoms with E-state index in [4.69, 9.17) is 14.2 Å². The van der Waals surface area contributed by atoms with Gasteiger partial charge in [-0.25, -0.2) is 9.97 Å². The molecule has 1 heterocycles. The number of benzene rings is 1. The first-order chi connectivity index (χ1) is 10.2. The topological polar surface area (TPSA) is 70.5 Å². The predicted octanol–water partition coefficient (Wildman–Crippen LogP) is 1.93. The Balaban J connectivity index is 2.19. The van der Waals surface area contributed by atoms with Crippen LogP contribution in [-0.4, -0.2) is 37.1 Å². The van der Waals surface area contributed by atoms with Crippen molar-refractivity contribution in [3.63, 3.8) is 0 Å². The Morgan fingerprint density at radius 3 is 2.43 bits per heavy atom. The number of hydrogen-bond acceptors (Lipinski definition) is 6. The summed E-state index contributed by atoms with van der Waals surface area (Å²) in [6.45, 7) is 0. The third-order valence-electron chi connectivity index (χ3n) is 2.95. The number of methoxy groups -OCH3 is 3. The lowest BCUT2D eigenvalue weighted by Crippen LogP contribution is -2.06. The van der Waals surface area contributed by atoms with Gasteiger partial charge in [0, 0.05) is 11.6 Å². The Morgan fingerprint density at radius 2 is 1.76 bits per heavy atom. The van der Waals surface area contributed by atoms with Crippen molar-refractivity contribution in [2.45, 2.75) is 6.42 Å². The molecule has 0 unspecified atom stereocenters. The van der Waals surface area contributed by atoms with Gasteiger partial charge in [-0.2, -0.15) is 0 Å². The van der Waals surface area contributed by atoms with Crippen molar-refractivity contribution < 1.29 is 19.0 Å². The lowest BCUT2D eigenvalue weighted by Gasteiger charge is -2.09. The standard InChI is InChI=1S/C15H16N2O4/c1-19-13-5-4-10(6-14(13)20-2)12(18)7-11-8-15(21-3)17-9-16-11/h4-6,8-9H,7H2,1-3H3. The second-order valence-electron chi connectivity index (χ2n) is 4.22. The van der Waals surface area contributed by atoms with Crippen molar-refractivity contribution in [1.82, 2.24) is 9.97 Å². The van der Waals surface area contributed by atoms with Crippen LogP contribution in [0.4, 0.5) is 0 Å². The second kappa shape index (κ2) is 6.69. The SMILES string of the molecule is COc1cc(CC(=O)c2ccc(OC)c(OC)c2)ncn1. The molecule has 6 nitrogen and oxygen atoms in total. The van der Waals surface area contributed by atoms with Crippen LogP contribution in [0.3, 0.4) is 0 Å². The number of carbonyl (C=O) groups is 1. The molecule has 0 saturated carbocycles. The Labute approximate surface area is 122 Å². The molecule has 0 aliphatic heterocycles. The molecule has 2 aromatic rings. The largest absolute Gasteiger partial charge is 0.493 e. The molecule has 0 bridgehead atoms. The third kappa shape index (κ3) is 3.47. The van der Waals surface area contributed by atoms with Gasteiger partial charge in [0.25, 0.3) is 0 Å². The van der Waals surface area contributed by atoms with Crippen LogP contribution in [0.5, 0.6) is 17.4 Å². The Bertz CT molecular complexity index is 643. The highest BCUT2D eigenvalue weighted by Gasteiger charge is 2.12. The summed E-state index contributed by atoms with van der Waals surface area (Å²) in [6, 6.07) is 6.69. The number of Topliss-reactive ketones (excluding diaryl/α,β-unsaturated/α-hetero) is 1. The Kier molecular flexibility index (Phi) is 4.71. The normalized spacial score (nSPS) is 10.0. The number of rotatable bonds is 6. The zero-order chi connectivity index (χ0) is 15.2. The van der Waals surface area contributed by atoms with E-state index in [-0.39, 0.29) is 12.2 Å². The molecule has 1 aromatic carbocycles. The van der Waals surface area contributed by atoms with Crippen LogP contribution < -0.4 is 14.2 Å². The molecule has 1 aromatic heterocycles. The minimum atomic E-state index is -0.0725. The van der Waals surface area contributed by atoms with Crippen LogP contribution in [0.25, 0.3) is 0 Å². The molecule has 0 N–H and O–H groups in total. The lowest BCUT2D eigenvalue weighted by molar-refractivity contribution is 0.0991. The summed E-state index contributed by atoms with van der Waals surface area (Å²) in [5.74, 6) is 1.46. The van der Waals surface area contributed by atoms with Crippen LogP contribution in [0.15, 0.2) is 30.6 Å². The predicted molar refractivity (Wildman–Crippen MR) is 76.2 cm³/mol. The molecule has 0 spiro atoms. The van der Waals surface area contributed by atoms with Gasteiger partial charge in [-0.15, -0.1) is 0 Å². The van der Waals surface area contributed by atoms with Crippen LogP contribution in [0.2, 0.25) is 0 Å². The minimum absolute atomic E-state index is 0.0725. The summed E-state index contributed by atoms with van der Waals surface area (Å²) in [5, 5.41) is 0. The van der Waals surface area contributed by atoms with Crippen LogP contribution >= 0.6 is 0 Å². The fraction of sp³-hybridized carbons (Fsp3) is 0.267. The number of nitrogens with zero attached hydrogens (tertiary/aromatic N) is 2. The van der Waals surface area contributed by atoms with Crippen molar-refractivity contribution in [2.75, 3.05) is 21.3 Å². The molecule has 0 saturated heterocycles. The highest BCUT2D eigenvalue weighted by atomic mass is 16.5. The molecule has 21 heavy (non-hydrogen) atoms. The highest BCUT2D eigenvalue weighted by molar-refractivity contribution is 5.97. The van der Waals surface area contributed by atoms with Gasteiger partial charge >= 0.3 is 0 Å². The molecule has 0 fully saturated rings. The number of carbonyl (C=O) groups excluding carboxylic acids is 1. The maximum Gasteiger partial charge on any atom is 0.216 e.